The van der Waals surface area contributed by atoms with Crippen molar-refractivity contribution < 1.29 is 4.42 Å². The van der Waals surface area contributed by atoms with Crippen LogP contribution in [0.3, 0.4) is 0 Å². The SMILES string of the molecule is Nc1ccc(-c2nc(Cl)oc2-c2ccccc2)cc1. The molecule has 0 fully saturated rings. The molecule has 0 atom stereocenters. The molecule has 3 aromatic rings. The fraction of sp³-hybridized carbons (Fsp3) is 0. The number of oxazole rings is 1. The molecular weight excluding hydrogens is 260 g/mol. The van der Waals surface area contributed by atoms with Crippen LogP contribution in [-0.4, -0.2) is 4.98 Å². The van der Waals surface area contributed by atoms with Crippen LogP contribution in [-0.2, 0) is 0 Å². The summed E-state index contributed by atoms with van der Waals surface area (Å²) in [6.45, 7) is 0. The van der Waals surface area contributed by atoms with Gasteiger partial charge in [-0.1, -0.05) is 42.5 Å². The Labute approximate surface area is 115 Å². The van der Waals surface area contributed by atoms with Gasteiger partial charge in [0, 0.05) is 16.8 Å². The van der Waals surface area contributed by atoms with Crippen LogP contribution >= 0.6 is 11.6 Å². The number of nitrogens with zero attached hydrogens (tertiary/aromatic N) is 1. The van der Waals surface area contributed by atoms with E-state index in [1.165, 1.54) is 0 Å². The lowest BCUT2D eigenvalue weighted by Gasteiger charge is -2.01. The number of anilines is 1. The lowest BCUT2D eigenvalue weighted by Crippen LogP contribution is -1.85. The Kier molecular flexibility index (Phi) is 2.97. The van der Waals surface area contributed by atoms with Crippen molar-refractivity contribution >= 4 is 17.3 Å². The Bertz CT molecular complexity index is 690. The van der Waals surface area contributed by atoms with E-state index in [1.807, 2.05) is 54.6 Å². The van der Waals surface area contributed by atoms with E-state index in [4.69, 9.17) is 21.8 Å². The summed E-state index contributed by atoms with van der Waals surface area (Å²) in [6.07, 6.45) is 0. The van der Waals surface area contributed by atoms with Crippen LogP contribution in [0, 0.1) is 0 Å². The third-order valence-electron chi connectivity index (χ3n) is 2.82. The van der Waals surface area contributed by atoms with E-state index in [1.54, 1.807) is 0 Å². The topological polar surface area (TPSA) is 52.0 Å². The number of benzene rings is 2. The summed E-state index contributed by atoms with van der Waals surface area (Å²) in [6, 6.07) is 17.2. The maximum Gasteiger partial charge on any atom is 0.293 e. The van der Waals surface area contributed by atoms with E-state index in [0.29, 0.717) is 11.4 Å². The van der Waals surface area contributed by atoms with Crippen molar-refractivity contribution in [3.05, 3.63) is 59.9 Å². The van der Waals surface area contributed by atoms with Crippen molar-refractivity contribution in [2.24, 2.45) is 0 Å². The first kappa shape index (κ1) is 11.8. The maximum absolute atomic E-state index is 5.89. The second-order valence-electron chi connectivity index (χ2n) is 4.13. The first-order valence-corrected chi connectivity index (χ1v) is 6.19. The Balaban J connectivity index is 2.15. The molecule has 19 heavy (non-hydrogen) atoms. The van der Waals surface area contributed by atoms with E-state index in [-0.39, 0.29) is 5.35 Å². The van der Waals surface area contributed by atoms with Crippen LogP contribution in [0.2, 0.25) is 5.35 Å². The highest BCUT2D eigenvalue weighted by Gasteiger charge is 2.15. The first-order chi connectivity index (χ1) is 9.24. The number of halogens is 1. The number of hydrogen-bond acceptors (Lipinski definition) is 3. The van der Waals surface area contributed by atoms with Crippen molar-refractivity contribution in [2.45, 2.75) is 0 Å². The second-order valence-corrected chi connectivity index (χ2v) is 4.46. The lowest BCUT2D eigenvalue weighted by atomic mass is 10.1. The normalized spacial score (nSPS) is 10.6. The minimum atomic E-state index is 0.130. The van der Waals surface area contributed by atoms with Gasteiger partial charge in [0.2, 0.25) is 0 Å². The summed E-state index contributed by atoms with van der Waals surface area (Å²) in [4.78, 5) is 4.24. The van der Waals surface area contributed by atoms with Gasteiger partial charge in [-0.05, 0) is 23.7 Å². The summed E-state index contributed by atoms with van der Waals surface area (Å²) in [5.74, 6) is 0.662. The summed E-state index contributed by atoms with van der Waals surface area (Å²) in [5, 5.41) is 0.130. The summed E-state index contributed by atoms with van der Waals surface area (Å²) < 4.78 is 5.51. The van der Waals surface area contributed by atoms with Crippen LogP contribution in [0.1, 0.15) is 0 Å². The zero-order valence-electron chi connectivity index (χ0n) is 10.0. The highest BCUT2D eigenvalue weighted by molar-refractivity contribution is 6.28. The number of nitrogens with two attached hydrogens (primary N) is 1. The summed E-state index contributed by atoms with van der Waals surface area (Å²) >= 11 is 5.89. The smallest absolute Gasteiger partial charge is 0.293 e. The predicted octanol–water partition coefficient (Wildman–Crippen LogP) is 4.24. The van der Waals surface area contributed by atoms with Crippen LogP contribution in [0.25, 0.3) is 22.6 Å². The van der Waals surface area contributed by atoms with Gasteiger partial charge in [-0.3, -0.25) is 0 Å². The fourth-order valence-corrected chi connectivity index (χ4v) is 2.08. The van der Waals surface area contributed by atoms with Gasteiger partial charge in [0.05, 0.1) is 0 Å². The molecular formula is C15H11ClN2O. The zero-order valence-corrected chi connectivity index (χ0v) is 10.8. The van der Waals surface area contributed by atoms with Gasteiger partial charge >= 0.3 is 0 Å². The molecule has 0 aliphatic rings. The zero-order chi connectivity index (χ0) is 13.2. The minimum absolute atomic E-state index is 0.130. The molecule has 1 heterocycles. The molecule has 0 unspecified atom stereocenters. The van der Waals surface area contributed by atoms with Gasteiger partial charge < -0.3 is 10.2 Å². The van der Waals surface area contributed by atoms with Gasteiger partial charge in [0.15, 0.2) is 5.76 Å². The molecule has 94 valence electrons. The van der Waals surface area contributed by atoms with E-state index in [0.717, 1.165) is 16.8 Å². The molecule has 2 aromatic carbocycles. The van der Waals surface area contributed by atoms with Crippen molar-refractivity contribution in [1.82, 2.24) is 4.98 Å². The van der Waals surface area contributed by atoms with Crippen molar-refractivity contribution in [1.29, 1.82) is 0 Å². The molecule has 0 spiro atoms. The number of aromatic nitrogens is 1. The van der Waals surface area contributed by atoms with Crippen LogP contribution in [0.15, 0.2) is 59.0 Å². The largest absolute Gasteiger partial charge is 0.427 e. The Morgan fingerprint density at radius 1 is 0.895 bits per heavy atom. The third kappa shape index (κ3) is 2.33. The molecule has 4 heteroatoms. The molecule has 0 aliphatic carbocycles. The molecule has 0 saturated carbocycles. The van der Waals surface area contributed by atoms with Crippen LogP contribution in [0.5, 0.6) is 0 Å². The monoisotopic (exact) mass is 270 g/mol. The molecule has 0 aliphatic heterocycles. The molecule has 3 rings (SSSR count). The first-order valence-electron chi connectivity index (χ1n) is 5.82. The average Bonchev–Trinajstić information content (AvgIpc) is 2.83. The van der Waals surface area contributed by atoms with Gasteiger partial charge in [0.1, 0.15) is 5.69 Å². The van der Waals surface area contributed by atoms with Gasteiger partial charge in [-0.25, -0.2) is 0 Å². The standard InChI is InChI=1S/C15H11ClN2O/c16-15-18-13(10-6-8-12(17)9-7-10)14(19-15)11-4-2-1-3-5-11/h1-9H,17H2. The van der Waals surface area contributed by atoms with Gasteiger partial charge in [-0.2, -0.15) is 4.98 Å². The van der Waals surface area contributed by atoms with Crippen molar-refractivity contribution in [3.8, 4) is 22.6 Å². The number of rotatable bonds is 2. The maximum atomic E-state index is 5.89. The predicted molar refractivity (Wildman–Crippen MR) is 76.8 cm³/mol. The Morgan fingerprint density at radius 2 is 1.58 bits per heavy atom. The van der Waals surface area contributed by atoms with E-state index < -0.39 is 0 Å². The molecule has 0 radical (unpaired) electrons. The number of nitrogen functional groups attached to an aromatic ring is 1. The molecule has 3 nitrogen and oxygen atoms in total. The molecule has 1 aromatic heterocycles. The molecule has 0 bridgehead atoms. The summed E-state index contributed by atoms with van der Waals surface area (Å²) in [5.41, 5.74) is 8.97. The Morgan fingerprint density at radius 3 is 2.26 bits per heavy atom. The summed E-state index contributed by atoms with van der Waals surface area (Å²) in [7, 11) is 0. The highest BCUT2D eigenvalue weighted by atomic mass is 35.5. The van der Waals surface area contributed by atoms with Gasteiger partial charge in [-0.15, -0.1) is 0 Å². The van der Waals surface area contributed by atoms with Gasteiger partial charge in [0.25, 0.3) is 5.35 Å². The van der Waals surface area contributed by atoms with E-state index in [9.17, 15) is 0 Å². The minimum Gasteiger partial charge on any atom is -0.427 e. The molecule has 2 N–H and O–H groups in total. The quantitative estimate of drug-likeness (QED) is 0.709. The second kappa shape index (κ2) is 4.78. The molecule has 0 amide bonds. The van der Waals surface area contributed by atoms with E-state index >= 15 is 0 Å². The fourth-order valence-electron chi connectivity index (χ4n) is 1.92. The Hall–Kier alpha value is -2.26. The van der Waals surface area contributed by atoms with E-state index in [2.05, 4.69) is 4.98 Å². The van der Waals surface area contributed by atoms with Crippen molar-refractivity contribution in [2.75, 3.05) is 5.73 Å². The number of hydrogen-bond donors (Lipinski definition) is 1. The average molecular weight is 271 g/mol. The third-order valence-corrected chi connectivity index (χ3v) is 2.98. The van der Waals surface area contributed by atoms with Crippen molar-refractivity contribution in [3.63, 3.8) is 0 Å². The molecule has 0 saturated heterocycles. The lowest BCUT2D eigenvalue weighted by molar-refractivity contribution is 0.574. The van der Waals surface area contributed by atoms with Crippen LogP contribution in [0.4, 0.5) is 5.69 Å². The van der Waals surface area contributed by atoms with Crippen LogP contribution < -0.4 is 5.73 Å². The highest BCUT2D eigenvalue weighted by Crippen LogP contribution is 2.34.